The van der Waals surface area contributed by atoms with Crippen molar-refractivity contribution < 1.29 is 14.3 Å². The Labute approximate surface area is 191 Å². The van der Waals surface area contributed by atoms with Gasteiger partial charge in [0.1, 0.15) is 11.4 Å². The van der Waals surface area contributed by atoms with E-state index >= 15 is 0 Å². The molecule has 4 rings (SSSR count). The van der Waals surface area contributed by atoms with Crippen molar-refractivity contribution in [2.75, 3.05) is 5.32 Å². The van der Waals surface area contributed by atoms with Gasteiger partial charge in [0.25, 0.3) is 0 Å². The summed E-state index contributed by atoms with van der Waals surface area (Å²) in [4.78, 5) is 17.2. The number of carbonyl (C=O) groups excluding carboxylic acids is 1. The van der Waals surface area contributed by atoms with E-state index < -0.39 is 0 Å². The maximum Gasteiger partial charge on any atom is 0.229 e. The average Bonchev–Trinajstić information content (AvgIpc) is 3.21. The molecule has 0 atom stereocenters. The van der Waals surface area contributed by atoms with Crippen molar-refractivity contribution in [3.8, 4) is 39.6 Å². The number of carbonyl (C=O) groups is 1. The topological polar surface area (TPSA) is 75.4 Å². The molecule has 0 aliphatic carbocycles. The molecule has 0 saturated heterocycles. The second-order valence-electron chi connectivity index (χ2n) is 7.42. The number of hydrogen-bond acceptors (Lipinski definition) is 4. The summed E-state index contributed by atoms with van der Waals surface area (Å²) in [6.45, 7) is 2.03. The minimum atomic E-state index is -0.133. The Morgan fingerprint density at radius 2 is 1.72 bits per heavy atom. The third-order valence-corrected chi connectivity index (χ3v) is 5.32. The van der Waals surface area contributed by atoms with Gasteiger partial charge < -0.3 is 9.52 Å². The van der Waals surface area contributed by atoms with Crippen LogP contribution in [-0.4, -0.2) is 16.0 Å². The zero-order valence-corrected chi connectivity index (χ0v) is 18.4. The summed E-state index contributed by atoms with van der Waals surface area (Å²) >= 11 is 6.19. The first-order chi connectivity index (χ1) is 15.6. The molecular formula is C26H23ClN2O3. The highest BCUT2D eigenvalue weighted by Crippen LogP contribution is 2.39. The smallest absolute Gasteiger partial charge is 0.229 e. The van der Waals surface area contributed by atoms with Gasteiger partial charge in [0.2, 0.25) is 17.7 Å². The zero-order valence-electron chi connectivity index (χ0n) is 17.6. The fourth-order valence-corrected chi connectivity index (χ4v) is 3.67. The Morgan fingerprint density at radius 3 is 2.44 bits per heavy atom. The molecule has 5 nitrogen and oxygen atoms in total. The SMILES string of the molecule is CCCCC(=O)Nc1oc(-c2ccccc2-c2ccccc2O)nc1-c1cccc(Cl)c1. The summed E-state index contributed by atoms with van der Waals surface area (Å²) in [7, 11) is 0. The lowest BCUT2D eigenvalue weighted by molar-refractivity contribution is -0.116. The number of phenolic OH excluding ortho intramolecular Hbond substituents is 1. The van der Waals surface area contributed by atoms with Crippen LogP contribution in [0.15, 0.2) is 77.2 Å². The van der Waals surface area contributed by atoms with E-state index in [1.807, 2.05) is 55.5 Å². The van der Waals surface area contributed by atoms with Gasteiger partial charge in [-0.05, 0) is 36.2 Å². The number of hydrogen-bond donors (Lipinski definition) is 2. The molecular weight excluding hydrogens is 424 g/mol. The lowest BCUT2D eigenvalue weighted by Gasteiger charge is -2.08. The van der Waals surface area contributed by atoms with Gasteiger partial charge in [-0.25, -0.2) is 4.98 Å². The molecule has 3 aromatic carbocycles. The molecule has 0 fully saturated rings. The largest absolute Gasteiger partial charge is 0.507 e. The van der Waals surface area contributed by atoms with Crippen molar-refractivity contribution in [3.63, 3.8) is 0 Å². The third-order valence-electron chi connectivity index (χ3n) is 5.09. The first-order valence-electron chi connectivity index (χ1n) is 10.5. The van der Waals surface area contributed by atoms with E-state index in [1.54, 1.807) is 24.3 Å². The molecule has 0 aliphatic heterocycles. The Hall–Kier alpha value is -3.57. The Morgan fingerprint density at radius 1 is 1.00 bits per heavy atom. The number of aromatic hydroxyl groups is 1. The molecule has 0 saturated carbocycles. The quantitative estimate of drug-likeness (QED) is 0.315. The number of halogens is 1. The van der Waals surface area contributed by atoms with E-state index in [1.165, 1.54) is 0 Å². The van der Waals surface area contributed by atoms with Crippen LogP contribution >= 0.6 is 11.6 Å². The highest BCUT2D eigenvalue weighted by Gasteiger charge is 2.21. The first-order valence-corrected chi connectivity index (χ1v) is 10.9. The Balaban J connectivity index is 1.82. The molecule has 4 aromatic rings. The van der Waals surface area contributed by atoms with Gasteiger partial charge in [0.05, 0.1) is 0 Å². The van der Waals surface area contributed by atoms with Gasteiger partial charge >= 0.3 is 0 Å². The van der Waals surface area contributed by atoms with Gasteiger partial charge in [-0.1, -0.05) is 73.5 Å². The van der Waals surface area contributed by atoms with Crippen LogP contribution < -0.4 is 5.32 Å². The molecule has 1 heterocycles. The number of benzene rings is 3. The molecule has 1 amide bonds. The van der Waals surface area contributed by atoms with E-state index in [0.717, 1.165) is 24.0 Å². The molecule has 162 valence electrons. The number of nitrogens with one attached hydrogen (secondary N) is 1. The number of unbranched alkanes of at least 4 members (excludes halogenated alkanes) is 1. The van der Waals surface area contributed by atoms with Crippen LogP contribution in [0.3, 0.4) is 0 Å². The highest BCUT2D eigenvalue weighted by molar-refractivity contribution is 6.30. The van der Waals surface area contributed by atoms with Crippen molar-refractivity contribution in [1.29, 1.82) is 0 Å². The second kappa shape index (κ2) is 9.71. The van der Waals surface area contributed by atoms with Crippen molar-refractivity contribution in [1.82, 2.24) is 4.98 Å². The second-order valence-corrected chi connectivity index (χ2v) is 7.86. The number of rotatable bonds is 7. The zero-order chi connectivity index (χ0) is 22.5. The summed E-state index contributed by atoms with van der Waals surface area (Å²) in [5.74, 6) is 0.640. The predicted molar refractivity (Wildman–Crippen MR) is 128 cm³/mol. The first kappa shape index (κ1) is 21.7. The third kappa shape index (κ3) is 4.68. The summed E-state index contributed by atoms with van der Waals surface area (Å²) < 4.78 is 6.08. The van der Waals surface area contributed by atoms with Crippen molar-refractivity contribution in [3.05, 3.63) is 77.8 Å². The minimum absolute atomic E-state index is 0.133. The van der Waals surface area contributed by atoms with Crippen LogP contribution in [0.1, 0.15) is 26.2 Å². The van der Waals surface area contributed by atoms with Crippen molar-refractivity contribution in [2.45, 2.75) is 26.2 Å². The maximum absolute atomic E-state index is 12.4. The summed E-state index contributed by atoms with van der Waals surface area (Å²) in [6.07, 6.45) is 2.11. The number of para-hydroxylation sites is 1. The number of oxazole rings is 1. The molecule has 0 aliphatic rings. The van der Waals surface area contributed by atoms with Gasteiger partial charge in [-0.2, -0.15) is 0 Å². The summed E-state index contributed by atoms with van der Waals surface area (Å²) in [5.41, 5.74) is 3.37. The lowest BCUT2D eigenvalue weighted by atomic mass is 9.99. The maximum atomic E-state index is 12.4. The van der Waals surface area contributed by atoms with Crippen LogP contribution in [0.25, 0.3) is 33.8 Å². The monoisotopic (exact) mass is 446 g/mol. The fraction of sp³-hybridized carbons (Fsp3) is 0.154. The van der Waals surface area contributed by atoms with Crippen molar-refractivity contribution in [2.24, 2.45) is 0 Å². The van der Waals surface area contributed by atoms with Crippen LogP contribution in [0, 0.1) is 0 Å². The van der Waals surface area contributed by atoms with E-state index in [9.17, 15) is 9.90 Å². The van der Waals surface area contributed by atoms with Crippen LogP contribution in [-0.2, 0) is 4.79 Å². The summed E-state index contributed by atoms with van der Waals surface area (Å²) in [6, 6.07) is 21.9. The predicted octanol–water partition coefficient (Wildman–Crippen LogP) is 7.16. The van der Waals surface area contributed by atoms with Crippen LogP contribution in [0.5, 0.6) is 5.75 Å². The van der Waals surface area contributed by atoms with Gasteiger partial charge in [0.15, 0.2) is 0 Å². The minimum Gasteiger partial charge on any atom is -0.507 e. The van der Waals surface area contributed by atoms with E-state index in [0.29, 0.717) is 34.2 Å². The number of anilines is 1. The van der Waals surface area contributed by atoms with Gasteiger partial charge in [0, 0.05) is 28.1 Å². The van der Waals surface area contributed by atoms with E-state index in [2.05, 4.69) is 5.32 Å². The summed E-state index contributed by atoms with van der Waals surface area (Å²) in [5, 5.41) is 13.8. The Bertz CT molecular complexity index is 1250. The fourth-order valence-electron chi connectivity index (χ4n) is 3.48. The molecule has 1 aromatic heterocycles. The molecule has 2 N–H and O–H groups in total. The van der Waals surface area contributed by atoms with E-state index in [-0.39, 0.29) is 17.5 Å². The molecule has 0 bridgehead atoms. The molecule has 6 heteroatoms. The number of amides is 1. The molecule has 32 heavy (non-hydrogen) atoms. The van der Waals surface area contributed by atoms with Gasteiger partial charge in [-0.15, -0.1) is 0 Å². The highest BCUT2D eigenvalue weighted by atomic mass is 35.5. The normalized spacial score (nSPS) is 10.8. The number of aromatic nitrogens is 1. The van der Waals surface area contributed by atoms with E-state index in [4.69, 9.17) is 21.0 Å². The Kier molecular flexibility index (Phi) is 6.57. The lowest BCUT2D eigenvalue weighted by Crippen LogP contribution is -2.11. The average molecular weight is 447 g/mol. The van der Waals surface area contributed by atoms with Crippen molar-refractivity contribution >= 4 is 23.4 Å². The molecule has 0 radical (unpaired) electrons. The van der Waals surface area contributed by atoms with Crippen LogP contribution in [0.4, 0.5) is 5.88 Å². The molecule has 0 unspecified atom stereocenters. The van der Waals surface area contributed by atoms with Crippen LogP contribution in [0.2, 0.25) is 5.02 Å². The number of nitrogens with zero attached hydrogens (tertiary/aromatic N) is 1. The number of phenols is 1. The molecule has 0 spiro atoms. The standard InChI is InChI=1S/C26H23ClN2O3/c1-2-3-15-23(31)28-26-24(17-9-8-10-18(27)16-17)29-25(32-26)21-13-5-4-11-19(21)20-12-6-7-14-22(20)30/h4-14,16,30H,2-3,15H2,1H3,(H,28,31). The van der Waals surface area contributed by atoms with Gasteiger partial charge in [-0.3, -0.25) is 10.1 Å².